The molecule has 14 heavy (non-hydrogen) atoms. The second kappa shape index (κ2) is 3.04. The number of methoxy groups -OCH3 is 1. The van der Waals surface area contributed by atoms with Crippen molar-refractivity contribution in [3.8, 4) is 11.8 Å². The van der Waals surface area contributed by atoms with E-state index in [-0.39, 0.29) is 5.91 Å². The lowest BCUT2D eigenvalue weighted by Crippen LogP contribution is -2.12. The maximum absolute atomic E-state index is 11.3. The Morgan fingerprint density at radius 2 is 2.36 bits per heavy atom. The molecule has 0 bridgehead atoms. The monoisotopic (exact) mass is 188 g/mol. The standard InChI is InChI=1S/C10H8N2O2/c1-14-9-3-7-5-12-10(13)8(7)2-6(9)4-11/h2-3H,5H2,1H3,(H,12,13). The Morgan fingerprint density at radius 3 is 3.00 bits per heavy atom. The van der Waals surface area contributed by atoms with E-state index >= 15 is 0 Å². The molecule has 0 saturated heterocycles. The lowest BCUT2D eigenvalue weighted by Gasteiger charge is -2.04. The zero-order chi connectivity index (χ0) is 10.1. The third-order valence-corrected chi connectivity index (χ3v) is 2.23. The fraction of sp³-hybridized carbons (Fsp3) is 0.200. The van der Waals surface area contributed by atoms with Crippen molar-refractivity contribution in [2.75, 3.05) is 7.11 Å². The molecule has 1 aliphatic heterocycles. The van der Waals surface area contributed by atoms with E-state index in [0.717, 1.165) is 5.56 Å². The maximum Gasteiger partial charge on any atom is 0.251 e. The number of amides is 1. The van der Waals surface area contributed by atoms with Crippen molar-refractivity contribution in [3.63, 3.8) is 0 Å². The Bertz CT molecular complexity index is 446. The van der Waals surface area contributed by atoms with E-state index in [9.17, 15) is 4.79 Å². The van der Waals surface area contributed by atoms with Gasteiger partial charge < -0.3 is 10.1 Å². The third kappa shape index (κ3) is 1.11. The van der Waals surface area contributed by atoms with Crippen molar-refractivity contribution in [1.82, 2.24) is 5.32 Å². The van der Waals surface area contributed by atoms with Crippen molar-refractivity contribution in [2.45, 2.75) is 6.54 Å². The summed E-state index contributed by atoms with van der Waals surface area (Å²) in [6.07, 6.45) is 0. The molecule has 1 aromatic rings. The number of fused-ring (bicyclic) bond motifs is 1. The molecule has 1 amide bonds. The molecule has 1 heterocycles. The average Bonchev–Trinajstić information content (AvgIpc) is 2.58. The van der Waals surface area contributed by atoms with Crippen LogP contribution in [-0.4, -0.2) is 13.0 Å². The number of nitriles is 1. The molecule has 2 rings (SSSR count). The minimum absolute atomic E-state index is 0.126. The SMILES string of the molecule is COc1cc2c(cc1C#N)C(=O)NC2. The van der Waals surface area contributed by atoms with Crippen LogP contribution in [0.5, 0.6) is 5.75 Å². The van der Waals surface area contributed by atoms with Crippen LogP contribution in [0.15, 0.2) is 12.1 Å². The molecule has 0 fully saturated rings. The highest BCUT2D eigenvalue weighted by Gasteiger charge is 2.21. The average molecular weight is 188 g/mol. The van der Waals surface area contributed by atoms with Crippen molar-refractivity contribution in [2.24, 2.45) is 0 Å². The van der Waals surface area contributed by atoms with Crippen LogP contribution in [0.3, 0.4) is 0 Å². The van der Waals surface area contributed by atoms with Crippen LogP contribution in [0.25, 0.3) is 0 Å². The van der Waals surface area contributed by atoms with Crippen LogP contribution in [-0.2, 0) is 6.54 Å². The first-order valence-electron chi connectivity index (χ1n) is 4.15. The van der Waals surface area contributed by atoms with Gasteiger partial charge in [-0.2, -0.15) is 5.26 Å². The predicted octanol–water partition coefficient (Wildman–Crippen LogP) is 0.810. The van der Waals surface area contributed by atoms with Gasteiger partial charge in [-0.15, -0.1) is 0 Å². The van der Waals surface area contributed by atoms with Crippen LogP contribution in [0.2, 0.25) is 0 Å². The summed E-state index contributed by atoms with van der Waals surface area (Å²) in [6, 6.07) is 5.29. The molecule has 0 spiro atoms. The molecule has 0 aromatic heterocycles. The molecule has 0 radical (unpaired) electrons. The second-order valence-electron chi connectivity index (χ2n) is 3.00. The minimum atomic E-state index is -0.126. The van der Waals surface area contributed by atoms with Gasteiger partial charge in [0.2, 0.25) is 0 Å². The molecule has 4 nitrogen and oxygen atoms in total. The van der Waals surface area contributed by atoms with E-state index in [1.54, 1.807) is 12.1 Å². The topological polar surface area (TPSA) is 62.1 Å². The van der Waals surface area contributed by atoms with Crippen molar-refractivity contribution < 1.29 is 9.53 Å². The normalized spacial score (nSPS) is 13.0. The van der Waals surface area contributed by atoms with Gasteiger partial charge in [-0.3, -0.25) is 4.79 Å². The van der Waals surface area contributed by atoms with Gasteiger partial charge in [0.25, 0.3) is 5.91 Å². The maximum atomic E-state index is 11.3. The summed E-state index contributed by atoms with van der Waals surface area (Å²) in [5.41, 5.74) is 1.84. The first-order valence-corrected chi connectivity index (χ1v) is 4.15. The number of nitrogens with zero attached hydrogens (tertiary/aromatic N) is 1. The fourth-order valence-electron chi connectivity index (χ4n) is 1.51. The number of nitrogens with one attached hydrogen (secondary N) is 1. The smallest absolute Gasteiger partial charge is 0.251 e. The Morgan fingerprint density at radius 1 is 1.57 bits per heavy atom. The minimum Gasteiger partial charge on any atom is -0.495 e. The molecule has 1 N–H and O–H groups in total. The second-order valence-corrected chi connectivity index (χ2v) is 3.00. The Balaban J connectivity index is 2.62. The third-order valence-electron chi connectivity index (χ3n) is 2.23. The van der Waals surface area contributed by atoms with Gasteiger partial charge in [0.05, 0.1) is 12.7 Å². The summed E-state index contributed by atoms with van der Waals surface area (Å²) >= 11 is 0. The number of rotatable bonds is 1. The first kappa shape index (κ1) is 8.57. The molecule has 0 unspecified atom stereocenters. The van der Waals surface area contributed by atoms with E-state index in [2.05, 4.69) is 5.32 Å². The van der Waals surface area contributed by atoms with Crippen molar-refractivity contribution in [1.29, 1.82) is 5.26 Å². The zero-order valence-corrected chi connectivity index (χ0v) is 7.63. The number of hydrogen-bond acceptors (Lipinski definition) is 3. The van der Waals surface area contributed by atoms with Gasteiger partial charge in [-0.05, 0) is 17.7 Å². The lowest BCUT2D eigenvalue weighted by atomic mass is 10.1. The molecule has 0 saturated carbocycles. The predicted molar refractivity (Wildman–Crippen MR) is 48.9 cm³/mol. The Kier molecular flexibility index (Phi) is 1.86. The fourth-order valence-corrected chi connectivity index (χ4v) is 1.51. The van der Waals surface area contributed by atoms with Gasteiger partial charge in [-0.25, -0.2) is 0 Å². The summed E-state index contributed by atoms with van der Waals surface area (Å²) < 4.78 is 5.04. The summed E-state index contributed by atoms with van der Waals surface area (Å²) in [4.78, 5) is 11.3. The summed E-state index contributed by atoms with van der Waals surface area (Å²) in [5, 5.41) is 11.5. The Labute approximate surface area is 81.1 Å². The number of benzene rings is 1. The lowest BCUT2D eigenvalue weighted by molar-refractivity contribution is 0.0965. The van der Waals surface area contributed by atoms with E-state index < -0.39 is 0 Å². The number of carbonyl (C=O) groups excluding carboxylic acids is 1. The van der Waals surface area contributed by atoms with E-state index in [0.29, 0.717) is 23.4 Å². The summed E-state index contributed by atoms with van der Waals surface area (Å²) in [6.45, 7) is 0.510. The Hall–Kier alpha value is -2.02. The molecule has 0 aliphatic carbocycles. The zero-order valence-electron chi connectivity index (χ0n) is 7.63. The van der Waals surface area contributed by atoms with Crippen LogP contribution < -0.4 is 10.1 Å². The molecule has 4 heteroatoms. The van der Waals surface area contributed by atoms with Crippen LogP contribution in [0, 0.1) is 11.3 Å². The van der Waals surface area contributed by atoms with Crippen LogP contribution >= 0.6 is 0 Å². The molecule has 1 aromatic carbocycles. The van der Waals surface area contributed by atoms with E-state index in [4.69, 9.17) is 10.00 Å². The highest BCUT2D eigenvalue weighted by molar-refractivity contribution is 5.98. The van der Waals surface area contributed by atoms with Gasteiger partial charge in [0, 0.05) is 12.1 Å². The van der Waals surface area contributed by atoms with Crippen molar-refractivity contribution in [3.05, 3.63) is 28.8 Å². The molecule has 0 atom stereocenters. The van der Waals surface area contributed by atoms with Gasteiger partial charge in [-0.1, -0.05) is 0 Å². The van der Waals surface area contributed by atoms with Gasteiger partial charge >= 0.3 is 0 Å². The van der Waals surface area contributed by atoms with Crippen LogP contribution in [0.1, 0.15) is 21.5 Å². The quantitative estimate of drug-likeness (QED) is 0.709. The first-order chi connectivity index (χ1) is 6.76. The molecule has 1 aliphatic rings. The van der Waals surface area contributed by atoms with Gasteiger partial charge in [0.1, 0.15) is 11.8 Å². The number of carbonyl (C=O) groups is 1. The highest BCUT2D eigenvalue weighted by atomic mass is 16.5. The number of ether oxygens (including phenoxy) is 1. The van der Waals surface area contributed by atoms with E-state index in [1.165, 1.54) is 7.11 Å². The van der Waals surface area contributed by atoms with E-state index in [1.807, 2.05) is 6.07 Å². The molecular formula is C10H8N2O2. The highest BCUT2D eigenvalue weighted by Crippen LogP contribution is 2.25. The molecular weight excluding hydrogens is 180 g/mol. The largest absolute Gasteiger partial charge is 0.495 e. The van der Waals surface area contributed by atoms with Crippen molar-refractivity contribution >= 4 is 5.91 Å². The summed E-state index contributed by atoms with van der Waals surface area (Å²) in [5.74, 6) is 0.391. The van der Waals surface area contributed by atoms with Crippen LogP contribution in [0.4, 0.5) is 0 Å². The molecule has 70 valence electrons. The number of hydrogen-bond donors (Lipinski definition) is 1. The summed E-state index contributed by atoms with van der Waals surface area (Å²) in [7, 11) is 1.51. The van der Waals surface area contributed by atoms with Gasteiger partial charge in [0.15, 0.2) is 0 Å².